The lowest BCUT2D eigenvalue weighted by Gasteiger charge is -2.26. The predicted molar refractivity (Wildman–Crippen MR) is 110 cm³/mol. The van der Waals surface area contributed by atoms with Gasteiger partial charge in [-0.2, -0.15) is 4.98 Å². The van der Waals surface area contributed by atoms with E-state index in [1.54, 1.807) is 12.1 Å². The maximum Gasteiger partial charge on any atom is 0.236 e. The molecule has 1 aliphatic heterocycles. The van der Waals surface area contributed by atoms with Crippen LogP contribution in [0, 0.1) is 6.92 Å². The van der Waals surface area contributed by atoms with E-state index < -0.39 is 9.84 Å². The lowest BCUT2D eigenvalue weighted by atomic mass is 10.1. The molecule has 0 aliphatic carbocycles. The molecule has 2 heterocycles. The van der Waals surface area contributed by atoms with Crippen molar-refractivity contribution in [2.24, 2.45) is 0 Å². The number of nitrogens with zero attached hydrogens (tertiary/aromatic N) is 2. The average molecular weight is 417 g/mol. The zero-order chi connectivity index (χ0) is 19.7. The zero-order valence-corrected chi connectivity index (χ0v) is 17.1. The van der Waals surface area contributed by atoms with Gasteiger partial charge in [0, 0.05) is 23.7 Å². The molecule has 2 aromatic carbocycles. The van der Waals surface area contributed by atoms with Crippen LogP contribution in [0.2, 0.25) is 5.02 Å². The largest absolute Gasteiger partial charge is 0.419 e. The molecule has 0 unspecified atom stereocenters. The Labute approximate surface area is 169 Å². The highest BCUT2D eigenvalue weighted by Crippen LogP contribution is 2.36. The number of benzene rings is 2. The smallest absolute Gasteiger partial charge is 0.236 e. The molecule has 4 rings (SSSR count). The van der Waals surface area contributed by atoms with Gasteiger partial charge < -0.3 is 9.32 Å². The van der Waals surface area contributed by atoms with Crippen LogP contribution in [0.1, 0.15) is 24.8 Å². The van der Waals surface area contributed by atoms with Gasteiger partial charge in [0.2, 0.25) is 26.6 Å². The fourth-order valence-corrected chi connectivity index (χ4v) is 4.76. The summed E-state index contributed by atoms with van der Waals surface area (Å²) in [6, 6.07) is 13.8. The molecule has 1 aromatic heterocycles. The second-order valence-electron chi connectivity index (χ2n) is 7.00. The molecule has 1 fully saturated rings. The minimum atomic E-state index is -3.84. The number of hydrogen-bond donors (Lipinski definition) is 0. The number of sulfone groups is 1. The van der Waals surface area contributed by atoms with Crippen molar-refractivity contribution in [2.75, 3.05) is 18.0 Å². The molecule has 0 spiro atoms. The highest BCUT2D eigenvalue weighted by molar-refractivity contribution is 7.91. The molecule has 0 radical (unpaired) electrons. The summed E-state index contributed by atoms with van der Waals surface area (Å²) in [6.45, 7) is 3.51. The molecule has 146 valence electrons. The molecule has 0 atom stereocenters. The van der Waals surface area contributed by atoms with Crippen LogP contribution in [0.4, 0.5) is 5.88 Å². The third-order valence-electron chi connectivity index (χ3n) is 4.90. The van der Waals surface area contributed by atoms with Crippen molar-refractivity contribution in [1.82, 2.24) is 4.98 Å². The molecule has 1 saturated heterocycles. The minimum Gasteiger partial charge on any atom is -0.419 e. The van der Waals surface area contributed by atoms with Crippen molar-refractivity contribution in [3.63, 3.8) is 0 Å². The molecule has 0 amide bonds. The van der Waals surface area contributed by atoms with E-state index in [1.165, 1.54) is 12.1 Å². The maximum absolute atomic E-state index is 13.3. The number of piperidine rings is 1. The molecular weight excluding hydrogens is 396 g/mol. The average Bonchev–Trinajstić information content (AvgIpc) is 3.16. The lowest BCUT2D eigenvalue weighted by Crippen LogP contribution is -2.30. The van der Waals surface area contributed by atoms with Crippen molar-refractivity contribution in [3.8, 4) is 11.5 Å². The topological polar surface area (TPSA) is 63.4 Å². The summed E-state index contributed by atoms with van der Waals surface area (Å²) in [5.41, 5.74) is 1.86. The summed E-state index contributed by atoms with van der Waals surface area (Å²) in [6.07, 6.45) is 3.14. The fourth-order valence-electron chi connectivity index (χ4n) is 3.31. The van der Waals surface area contributed by atoms with Crippen LogP contribution < -0.4 is 4.90 Å². The van der Waals surface area contributed by atoms with E-state index in [0.717, 1.165) is 43.5 Å². The Morgan fingerprint density at radius 1 is 0.964 bits per heavy atom. The number of anilines is 1. The van der Waals surface area contributed by atoms with Gasteiger partial charge in [0.25, 0.3) is 0 Å². The number of hydrogen-bond acceptors (Lipinski definition) is 5. The van der Waals surface area contributed by atoms with E-state index in [1.807, 2.05) is 36.1 Å². The van der Waals surface area contributed by atoms with Crippen LogP contribution in [-0.4, -0.2) is 26.5 Å². The molecule has 0 bridgehead atoms. The summed E-state index contributed by atoms with van der Waals surface area (Å²) in [5.74, 6) is 0.637. The van der Waals surface area contributed by atoms with E-state index in [4.69, 9.17) is 16.0 Å². The summed E-state index contributed by atoms with van der Waals surface area (Å²) in [5, 5.41) is 0.447. The summed E-state index contributed by atoms with van der Waals surface area (Å²) >= 11 is 5.92. The quantitative estimate of drug-likeness (QED) is 0.590. The van der Waals surface area contributed by atoms with E-state index in [9.17, 15) is 8.42 Å². The maximum atomic E-state index is 13.3. The Bertz CT molecular complexity index is 1070. The van der Waals surface area contributed by atoms with Gasteiger partial charge in [-0.3, -0.25) is 0 Å². The lowest BCUT2D eigenvalue weighted by molar-refractivity contribution is 0.499. The van der Waals surface area contributed by atoms with Gasteiger partial charge in [-0.25, -0.2) is 8.42 Å². The highest BCUT2D eigenvalue weighted by Gasteiger charge is 2.31. The Balaban J connectivity index is 1.84. The second kappa shape index (κ2) is 7.60. The molecule has 28 heavy (non-hydrogen) atoms. The summed E-state index contributed by atoms with van der Waals surface area (Å²) < 4.78 is 32.7. The molecule has 3 aromatic rings. The molecule has 5 nitrogen and oxygen atoms in total. The highest BCUT2D eigenvalue weighted by atomic mass is 35.5. The van der Waals surface area contributed by atoms with Crippen molar-refractivity contribution >= 4 is 27.3 Å². The number of aromatic nitrogens is 1. The van der Waals surface area contributed by atoms with Gasteiger partial charge in [0.05, 0.1) is 4.90 Å². The number of aryl methyl sites for hydroxylation is 1. The fraction of sp³-hybridized carbons (Fsp3) is 0.286. The summed E-state index contributed by atoms with van der Waals surface area (Å²) in [7, 11) is -3.84. The first-order valence-electron chi connectivity index (χ1n) is 9.28. The minimum absolute atomic E-state index is 0.0349. The predicted octanol–water partition coefficient (Wildman–Crippen LogP) is 5.13. The van der Waals surface area contributed by atoms with Gasteiger partial charge in [-0.1, -0.05) is 29.3 Å². The molecule has 1 aliphatic rings. The third kappa shape index (κ3) is 3.66. The van der Waals surface area contributed by atoms with Gasteiger partial charge in [-0.05, 0) is 62.6 Å². The first kappa shape index (κ1) is 19.0. The zero-order valence-electron chi connectivity index (χ0n) is 15.6. The second-order valence-corrected chi connectivity index (χ2v) is 9.30. The van der Waals surface area contributed by atoms with Gasteiger partial charge in [0.1, 0.15) is 0 Å². The van der Waals surface area contributed by atoms with E-state index in [-0.39, 0.29) is 9.92 Å². The van der Waals surface area contributed by atoms with Crippen molar-refractivity contribution in [3.05, 3.63) is 59.1 Å². The van der Waals surface area contributed by atoms with E-state index in [2.05, 4.69) is 4.98 Å². The normalized spacial score (nSPS) is 15.0. The van der Waals surface area contributed by atoms with Crippen molar-refractivity contribution in [2.45, 2.75) is 36.1 Å². The first-order chi connectivity index (χ1) is 13.4. The Morgan fingerprint density at radius 2 is 1.61 bits per heavy atom. The van der Waals surface area contributed by atoms with Gasteiger partial charge >= 0.3 is 0 Å². The number of rotatable bonds is 4. The van der Waals surface area contributed by atoms with Crippen LogP contribution in [-0.2, 0) is 9.84 Å². The SMILES string of the molecule is Cc1ccc(-c2nc(S(=O)(=O)c3ccc(Cl)cc3)c(N3CCCCC3)o2)cc1. The van der Waals surface area contributed by atoms with Gasteiger partial charge in [-0.15, -0.1) is 0 Å². The first-order valence-corrected chi connectivity index (χ1v) is 11.1. The Hall–Kier alpha value is -2.31. The van der Waals surface area contributed by atoms with E-state index in [0.29, 0.717) is 16.8 Å². The standard InChI is InChI=1S/C21H21ClN2O3S/c1-15-5-7-16(8-6-15)19-23-20(21(27-19)24-13-3-2-4-14-24)28(25,26)18-11-9-17(22)10-12-18/h5-12H,2-4,13-14H2,1H3. The molecule has 0 N–H and O–H groups in total. The van der Waals surface area contributed by atoms with Crippen molar-refractivity contribution < 1.29 is 12.8 Å². The Kier molecular flexibility index (Phi) is 5.17. The van der Waals surface area contributed by atoms with Crippen LogP contribution in [0.5, 0.6) is 0 Å². The van der Waals surface area contributed by atoms with Crippen LogP contribution >= 0.6 is 11.6 Å². The number of oxazole rings is 1. The third-order valence-corrected chi connectivity index (χ3v) is 6.82. The van der Waals surface area contributed by atoms with Crippen molar-refractivity contribution in [1.29, 1.82) is 0 Å². The number of halogens is 1. The molecular formula is C21H21ClN2O3S. The van der Waals surface area contributed by atoms with Crippen LogP contribution in [0.3, 0.4) is 0 Å². The summed E-state index contributed by atoms with van der Waals surface area (Å²) in [4.78, 5) is 6.56. The molecule has 7 heteroatoms. The van der Waals surface area contributed by atoms with Crippen LogP contribution in [0.25, 0.3) is 11.5 Å². The van der Waals surface area contributed by atoms with Crippen LogP contribution in [0.15, 0.2) is 62.9 Å². The van der Waals surface area contributed by atoms with Gasteiger partial charge in [0.15, 0.2) is 0 Å². The molecule has 0 saturated carbocycles. The Morgan fingerprint density at radius 3 is 2.25 bits per heavy atom. The van der Waals surface area contributed by atoms with E-state index >= 15 is 0 Å². The monoisotopic (exact) mass is 416 g/mol.